The van der Waals surface area contributed by atoms with Crippen molar-refractivity contribution in [3.63, 3.8) is 0 Å². The minimum atomic E-state index is -5.08. The molecule has 0 aliphatic rings. The molecule has 1 heterocycles. The number of hydrogen-bond acceptors (Lipinski definition) is 8. The van der Waals surface area contributed by atoms with E-state index in [1.165, 1.54) is 32.6 Å². The molecule has 10 nitrogen and oxygen atoms in total. The molecular weight excluding hydrogens is 515 g/mol. The van der Waals surface area contributed by atoms with E-state index in [1.807, 2.05) is 12.1 Å². The molecule has 2 aromatic carbocycles. The lowest BCUT2D eigenvalue weighted by Crippen LogP contribution is -2.21. The van der Waals surface area contributed by atoms with Crippen molar-refractivity contribution in [1.29, 1.82) is 0 Å². The standard InChI is InChI=1S/C18H18ClN5O3S.C2HF3O2/c1-20-28(25,26)14-7-8-16(27-2)15(9-14)24-18-10-17(21-11-22-18)23-13-5-3-12(19)4-6-13;3-2(4,5)1(6)7/h3-11,20H,1-2H3,(H2,21,22,23,24);(H,6,7). The van der Waals surface area contributed by atoms with E-state index in [1.54, 1.807) is 24.3 Å². The Kier molecular flexibility index (Phi) is 9.22. The van der Waals surface area contributed by atoms with Gasteiger partial charge in [-0.05, 0) is 49.5 Å². The van der Waals surface area contributed by atoms with Gasteiger partial charge in [0.1, 0.15) is 23.7 Å². The highest BCUT2D eigenvalue weighted by Gasteiger charge is 2.38. The smallest absolute Gasteiger partial charge is 0.490 e. The second kappa shape index (κ2) is 11.7. The molecule has 0 aliphatic carbocycles. The molecule has 0 amide bonds. The van der Waals surface area contributed by atoms with Gasteiger partial charge in [0.15, 0.2) is 0 Å². The lowest BCUT2D eigenvalue weighted by atomic mass is 10.3. The number of hydrogen-bond donors (Lipinski definition) is 4. The number of nitrogens with zero attached hydrogens (tertiary/aromatic N) is 2. The number of carboxylic acids is 1. The molecule has 0 aliphatic heterocycles. The van der Waals surface area contributed by atoms with Crippen LogP contribution in [0.5, 0.6) is 5.75 Å². The van der Waals surface area contributed by atoms with E-state index in [0.29, 0.717) is 28.1 Å². The molecule has 0 spiro atoms. The zero-order chi connectivity index (χ0) is 26.2. The summed E-state index contributed by atoms with van der Waals surface area (Å²) in [7, 11) is -0.739. The Bertz CT molecular complexity index is 1270. The first-order chi connectivity index (χ1) is 16.4. The van der Waals surface area contributed by atoms with Crippen molar-refractivity contribution in [1.82, 2.24) is 14.7 Å². The Labute approximate surface area is 203 Å². The number of carbonyl (C=O) groups is 1. The van der Waals surface area contributed by atoms with Crippen molar-refractivity contribution in [2.45, 2.75) is 11.1 Å². The minimum absolute atomic E-state index is 0.104. The molecule has 188 valence electrons. The molecule has 0 fully saturated rings. The summed E-state index contributed by atoms with van der Waals surface area (Å²) in [6, 6.07) is 13.4. The van der Waals surface area contributed by atoms with Gasteiger partial charge in [0.25, 0.3) is 0 Å². The Hall–Kier alpha value is -3.62. The topological polar surface area (TPSA) is 143 Å². The van der Waals surface area contributed by atoms with Gasteiger partial charge in [0.2, 0.25) is 10.0 Å². The minimum Gasteiger partial charge on any atom is -0.495 e. The van der Waals surface area contributed by atoms with Crippen molar-refractivity contribution in [2.75, 3.05) is 24.8 Å². The molecule has 3 rings (SSSR count). The van der Waals surface area contributed by atoms with Crippen molar-refractivity contribution < 1.29 is 36.2 Å². The maximum absolute atomic E-state index is 12.1. The average molecular weight is 534 g/mol. The van der Waals surface area contributed by atoms with E-state index in [9.17, 15) is 21.6 Å². The fraction of sp³-hybridized carbons (Fsp3) is 0.150. The van der Waals surface area contributed by atoms with Gasteiger partial charge in [-0.3, -0.25) is 0 Å². The maximum atomic E-state index is 12.1. The quantitative estimate of drug-likeness (QED) is 0.352. The van der Waals surface area contributed by atoms with Crippen molar-refractivity contribution in [3.05, 3.63) is 59.9 Å². The molecule has 0 atom stereocenters. The molecule has 4 N–H and O–H groups in total. The zero-order valence-electron chi connectivity index (χ0n) is 18.1. The SMILES string of the molecule is CNS(=O)(=O)c1ccc(OC)c(Nc2cc(Nc3ccc(Cl)cc3)ncn2)c1.O=C(O)C(F)(F)F. The number of benzene rings is 2. The van der Waals surface area contributed by atoms with Gasteiger partial charge < -0.3 is 20.5 Å². The number of anilines is 4. The normalized spacial score (nSPS) is 11.1. The van der Waals surface area contributed by atoms with E-state index in [-0.39, 0.29) is 4.90 Å². The third-order valence-corrected chi connectivity index (χ3v) is 5.70. The molecule has 1 aromatic heterocycles. The summed E-state index contributed by atoms with van der Waals surface area (Å²) in [6.07, 6.45) is -3.69. The maximum Gasteiger partial charge on any atom is 0.490 e. The number of halogens is 4. The zero-order valence-corrected chi connectivity index (χ0v) is 19.7. The monoisotopic (exact) mass is 533 g/mol. The van der Waals surface area contributed by atoms with Crippen LogP contribution < -0.4 is 20.1 Å². The third kappa shape index (κ3) is 8.27. The highest BCUT2D eigenvalue weighted by Crippen LogP contribution is 2.30. The molecule has 35 heavy (non-hydrogen) atoms. The van der Waals surface area contributed by atoms with Crippen LogP contribution >= 0.6 is 11.6 Å². The Balaban J connectivity index is 0.000000540. The summed E-state index contributed by atoms with van der Waals surface area (Å²) in [6.45, 7) is 0. The van der Waals surface area contributed by atoms with Crippen LogP contribution in [0.1, 0.15) is 0 Å². The second-order valence-corrected chi connectivity index (χ2v) is 8.74. The molecule has 0 radical (unpaired) electrons. The van der Waals surface area contributed by atoms with E-state index < -0.39 is 22.2 Å². The first-order valence-corrected chi connectivity index (χ1v) is 11.2. The summed E-state index contributed by atoms with van der Waals surface area (Å²) in [4.78, 5) is 17.4. The van der Waals surface area contributed by atoms with Gasteiger partial charge in [-0.15, -0.1) is 0 Å². The van der Waals surface area contributed by atoms with Crippen LogP contribution in [0.25, 0.3) is 0 Å². The first kappa shape index (κ1) is 27.6. The number of alkyl halides is 3. The van der Waals surface area contributed by atoms with E-state index >= 15 is 0 Å². The molecule has 0 unspecified atom stereocenters. The first-order valence-electron chi connectivity index (χ1n) is 9.39. The van der Waals surface area contributed by atoms with Crippen molar-refractivity contribution in [2.24, 2.45) is 0 Å². The number of ether oxygens (including phenoxy) is 1. The number of methoxy groups -OCH3 is 1. The van der Waals surface area contributed by atoms with Gasteiger partial charge in [0.05, 0.1) is 17.7 Å². The largest absolute Gasteiger partial charge is 0.495 e. The van der Waals surface area contributed by atoms with Crippen LogP contribution in [0.15, 0.2) is 59.8 Å². The summed E-state index contributed by atoms with van der Waals surface area (Å²) in [5.74, 6) is -1.27. The van der Waals surface area contributed by atoms with Gasteiger partial charge in [-0.2, -0.15) is 13.2 Å². The van der Waals surface area contributed by atoms with Crippen LogP contribution in [0.2, 0.25) is 5.02 Å². The Morgan fingerprint density at radius 1 is 1.03 bits per heavy atom. The van der Waals surface area contributed by atoms with E-state index in [4.69, 9.17) is 26.2 Å². The predicted molar refractivity (Wildman–Crippen MR) is 123 cm³/mol. The lowest BCUT2D eigenvalue weighted by molar-refractivity contribution is -0.192. The molecule has 0 saturated heterocycles. The summed E-state index contributed by atoms with van der Waals surface area (Å²) < 4.78 is 63.5. The average Bonchev–Trinajstić information content (AvgIpc) is 2.80. The van der Waals surface area contributed by atoms with Gasteiger partial charge in [0, 0.05) is 16.8 Å². The van der Waals surface area contributed by atoms with Crippen LogP contribution in [0.3, 0.4) is 0 Å². The summed E-state index contributed by atoms with van der Waals surface area (Å²) in [5.41, 5.74) is 1.27. The van der Waals surface area contributed by atoms with Gasteiger partial charge in [-0.25, -0.2) is 27.9 Å². The summed E-state index contributed by atoms with van der Waals surface area (Å²) >= 11 is 5.89. The number of nitrogens with one attached hydrogen (secondary N) is 3. The Morgan fingerprint density at radius 3 is 2.11 bits per heavy atom. The molecule has 0 saturated carbocycles. The van der Waals surface area contributed by atoms with Crippen molar-refractivity contribution >= 4 is 50.6 Å². The highest BCUT2D eigenvalue weighted by molar-refractivity contribution is 7.89. The molecule has 3 aromatic rings. The molecule has 15 heteroatoms. The van der Waals surface area contributed by atoms with E-state index in [0.717, 1.165) is 5.69 Å². The lowest BCUT2D eigenvalue weighted by Gasteiger charge is -2.13. The third-order valence-electron chi connectivity index (χ3n) is 4.04. The number of rotatable bonds is 7. The number of aliphatic carboxylic acids is 1. The van der Waals surface area contributed by atoms with Crippen molar-refractivity contribution in [3.8, 4) is 5.75 Å². The van der Waals surface area contributed by atoms with Crippen LogP contribution in [0.4, 0.5) is 36.2 Å². The van der Waals surface area contributed by atoms with E-state index in [2.05, 4.69) is 25.3 Å². The van der Waals surface area contributed by atoms with Gasteiger partial charge in [-0.1, -0.05) is 11.6 Å². The molecular formula is C20H19ClF3N5O5S. The fourth-order valence-corrected chi connectivity index (χ4v) is 3.26. The number of sulfonamides is 1. The van der Waals surface area contributed by atoms with Crippen LogP contribution in [0, 0.1) is 0 Å². The number of carboxylic acid groups (broad SMARTS) is 1. The second-order valence-electron chi connectivity index (χ2n) is 6.42. The highest BCUT2D eigenvalue weighted by atomic mass is 35.5. The Morgan fingerprint density at radius 2 is 1.60 bits per heavy atom. The predicted octanol–water partition coefficient (Wildman–Crippen LogP) is 4.17. The summed E-state index contributed by atoms with van der Waals surface area (Å²) in [5, 5.41) is 14.0. The number of aromatic nitrogens is 2. The fourth-order valence-electron chi connectivity index (χ4n) is 2.38. The van der Waals surface area contributed by atoms with Crippen LogP contribution in [-0.4, -0.2) is 49.8 Å². The van der Waals surface area contributed by atoms with Gasteiger partial charge >= 0.3 is 12.1 Å². The molecule has 0 bridgehead atoms. The van der Waals surface area contributed by atoms with Crippen LogP contribution in [-0.2, 0) is 14.8 Å².